The van der Waals surface area contributed by atoms with Crippen molar-refractivity contribution in [3.63, 3.8) is 0 Å². The maximum Gasteiger partial charge on any atom is 0.160 e. The molecule has 2 aromatic rings. The molecular formula is C11H12FN5. The second-order valence-electron chi connectivity index (χ2n) is 3.58. The van der Waals surface area contributed by atoms with Crippen LogP contribution in [0.15, 0.2) is 30.6 Å². The molecule has 0 spiro atoms. The highest BCUT2D eigenvalue weighted by molar-refractivity contribution is 5.57. The topological polar surface area (TPSA) is 75.9 Å². The van der Waals surface area contributed by atoms with Crippen LogP contribution in [0, 0.1) is 12.7 Å². The van der Waals surface area contributed by atoms with Crippen LogP contribution in [0.1, 0.15) is 5.56 Å². The fourth-order valence-corrected chi connectivity index (χ4v) is 1.45. The van der Waals surface area contributed by atoms with Gasteiger partial charge >= 0.3 is 0 Å². The maximum atomic E-state index is 13.2. The third-order valence-corrected chi connectivity index (χ3v) is 2.10. The van der Waals surface area contributed by atoms with Crippen LogP contribution in [0.5, 0.6) is 0 Å². The molecule has 0 saturated heterocycles. The first-order valence-electron chi connectivity index (χ1n) is 5.00. The van der Waals surface area contributed by atoms with Gasteiger partial charge in [0.15, 0.2) is 11.6 Å². The zero-order chi connectivity index (χ0) is 12.3. The first-order valence-corrected chi connectivity index (χ1v) is 5.00. The number of aromatic nitrogens is 2. The van der Waals surface area contributed by atoms with E-state index >= 15 is 0 Å². The van der Waals surface area contributed by atoms with Crippen molar-refractivity contribution >= 4 is 17.3 Å². The van der Waals surface area contributed by atoms with Crippen molar-refractivity contribution < 1.29 is 4.39 Å². The van der Waals surface area contributed by atoms with Crippen LogP contribution < -0.4 is 16.6 Å². The standard InChI is InChI=1S/C11H12FN5/c1-7-2-8(12)4-9(3-7)15-10-5-14-6-11(16-10)17-13/h2-6H,13H2,1H3,(H2,15,16,17). The first kappa shape index (κ1) is 11.3. The Hall–Kier alpha value is -2.21. The van der Waals surface area contributed by atoms with Gasteiger partial charge in [-0.2, -0.15) is 0 Å². The van der Waals surface area contributed by atoms with E-state index in [0.29, 0.717) is 17.3 Å². The Labute approximate surface area is 97.9 Å². The molecule has 1 aromatic heterocycles. The van der Waals surface area contributed by atoms with Gasteiger partial charge in [-0.15, -0.1) is 0 Å². The van der Waals surface area contributed by atoms with Crippen molar-refractivity contribution in [2.24, 2.45) is 5.84 Å². The molecule has 0 aliphatic heterocycles. The average molecular weight is 233 g/mol. The van der Waals surface area contributed by atoms with Crippen LogP contribution in [0.4, 0.5) is 21.7 Å². The molecule has 0 aliphatic rings. The van der Waals surface area contributed by atoms with E-state index < -0.39 is 0 Å². The SMILES string of the molecule is Cc1cc(F)cc(Nc2cncc(NN)n2)c1. The fourth-order valence-electron chi connectivity index (χ4n) is 1.45. The second kappa shape index (κ2) is 4.75. The zero-order valence-electron chi connectivity index (χ0n) is 9.24. The predicted molar refractivity (Wildman–Crippen MR) is 64.3 cm³/mol. The number of hydrogen-bond acceptors (Lipinski definition) is 5. The minimum atomic E-state index is -0.298. The van der Waals surface area contributed by atoms with Gasteiger partial charge in [-0.05, 0) is 30.7 Å². The maximum absolute atomic E-state index is 13.2. The Kier molecular flexibility index (Phi) is 3.15. The van der Waals surface area contributed by atoms with Gasteiger partial charge in [0.25, 0.3) is 0 Å². The second-order valence-corrected chi connectivity index (χ2v) is 3.58. The van der Waals surface area contributed by atoms with Gasteiger partial charge in [-0.3, -0.25) is 4.98 Å². The Morgan fingerprint density at radius 3 is 2.65 bits per heavy atom. The molecular weight excluding hydrogens is 221 g/mol. The highest BCUT2D eigenvalue weighted by Crippen LogP contribution is 2.17. The van der Waals surface area contributed by atoms with Crippen LogP contribution in [0.3, 0.4) is 0 Å². The number of nitrogen functional groups attached to an aromatic ring is 1. The van der Waals surface area contributed by atoms with E-state index in [-0.39, 0.29) is 5.82 Å². The van der Waals surface area contributed by atoms with Gasteiger partial charge in [0.05, 0.1) is 12.4 Å². The van der Waals surface area contributed by atoms with Crippen molar-refractivity contribution in [2.75, 3.05) is 10.7 Å². The molecule has 0 radical (unpaired) electrons. The van der Waals surface area contributed by atoms with Crippen molar-refractivity contribution in [2.45, 2.75) is 6.92 Å². The van der Waals surface area contributed by atoms with E-state index in [1.54, 1.807) is 0 Å². The average Bonchev–Trinajstić information content (AvgIpc) is 2.28. The van der Waals surface area contributed by atoms with Crippen LogP contribution in [0.25, 0.3) is 0 Å². The summed E-state index contributed by atoms with van der Waals surface area (Å²) in [4.78, 5) is 8.05. The number of nitrogens with zero attached hydrogens (tertiary/aromatic N) is 2. The summed E-state index contributed by atoms with van der Waals surface area (Å²) < 4.78 is 13.2. The molecule has 0 atom stereocenters. The highest BCUT2D eigenvalue weighted by Gasteiger charge is 2.01. The predicted octanol–water partition coefficient (Wildman–Crippen LogP) is 1.95. The van der Waals surface area contributed by atoms with Crippen molar-refractivity contribution in [3.05, 3.63) is 42.0 Å². The molecule has 1 heterocycles. The molecule has 4 N–H and O–H groups in total. The molecule has 0 unspecified atom stereocenters. The number of benzene rings is 1. The van der Waals surface area contributed by atoms with Crippen LogP contribution >= 0.6 is 0 Å². The Morgan fingerprint density at radius 2 is 1.94 bits per heavy atom. The summed E-state index contributed by atoms with van der Waals surface area (Å²) in [5.41, 5.74) is 3.83. The van der Waals surface area contributed by atoms with Gasteiger partial charge in [-0.25, -0.2) is 15.2 Å². The minimum absolute atomic E-state index is 0.298. The summed E-state index contributed by atoms with van der Waals surface area (Å²) in [5, 5.41) is 2.95. The number of nitrogens with two attached hydrogens (primary N) is 1. The lowest BCUT2D eigenvalue weighted by atomic mass is 10.2. The molecule has 5 nitrogen and oxygen atoms in total. The first-order chi connectivity index (χ1) is 8.17. The lowest BCUT2D eigenvalue weighted by molar-refractivity contribution is 0.627. The van der Waals surface area contributed by atoms with Crippen molar-refractivity contribution in [1.82, 2.24) is 9.97 Å². The quantitative estimate of drug-likeness (QED) is 0.558. The largest absolute Gasteiger partial charge is 0.339 e. The number of nitrogens with one attached hydrogen (secondary N) is 2. The zero-order valence-corrected chi connectivity index (χ0v) is 9.24. The fraction of sp³-hybridized carbons (Fsp3) is 0.0909. The lowest BCUT2D eigenvalue weighted by Crippen LogP contribution is -2.09. The van der Waals surface area contributed by atoms with Crippen LogP contribution in [-0.4, -0.2) is 9.97 Å². The molecule has 6 heteroatoms. The molecule has 17 heavy (non-hydrogen) atoms. The number of hydrazine groups is 1. The molecule has 2 rings (SSSR count). The van der Waals surface area contributed by atoms with Gasteiger partial charge in [0.1, 0.15) is 5.82 Å². The van der Waals surface area contributed by atoms with Gasteiger partial charge in [0, 0.05) is 5.69 Å². The van der Waals surface area contributed by atoms with Crippen molar-refractivity contribution in [3.8, 4) is 0 Å². The molecule has 1 aromatic carbocycles. The van der Waals surface area contributed by atoms with Gasteiger partial charge in [-0.1, -0.05) is 0 Å². The third-order valence-electron chi connectivity index (χ3n) is 2.10. The number of halogens is 1. The van der Waals surface area contributed by atoms with Gasteiger partial charge in [0.2, 0.25) is 0 Å². The lowest BCUT2D eigenvalue weighted by Gasteiger charge is -2.07. The number of aryl methyl sites for hydroxylation is 1. The third kappa shape index (κ3) is 2.88. The highest BCUT2D eigenvalue weighted by atomic mass is 19.1. The molecule has 0 aliphatic carbocycles. The van der Waals surface area contributed by atoms with Crippen LogP contribution in [0.2, 0.25) is 0 Å². The van der Waals surface area contributed by atoms with E-state index in [9.17, 15) is 4.39 Å². The monoisotopic (exact) mass is 233 g/mol. The minimum Gasteiger partial charge on any atom is -0.339 e. The van der Waals surface area contributed by atoms with Crippen molar-refractivity contribution in [1.29, 1.82) is 0 Å². The molecule has 88 valence electrons. The summed E-state index contributed by atoms with van der Waals surface area (Å²) in [5.74, 6) is 5.85. The molecule has 0 saturated carbocycles. The van der Waals surface area contributed by atoms with Gasteiger partial charge < -0.3 is 10.7 Å². The number of rotatable bonds is 3. The number of hydrogen-bond donors (Lipinski definition) is 3. The summed E-state index contributed by atoms with van der Waals surface area (Å²) in [6, 6.07) is 4.65. The molecule has 0 amide bonds. The summed E-state index contributed by atoms with van der Waals surface area (Å²) >= 11 is 0. The van der Waals surface area contributed by atoms with E-state index in [2.05, 4.69) is 20.7 Å². The van der Waals surface area contributed by atoms with E-state index in [0.717, 1.165) is 5.56 Å². The Bertz CT molecular complexity index is 509. The molecule has 0 bridgehead atoms. The summed E-state index contributed by atoms with van der Waals surface area (Å²) in [7, 11) is 0. The normalized spacial score (nSPS) is 10.1. The van der Waals surface area contributed by atoms with E-state index in [4.69, 9.17) is 5.84 Å². The van der Waals surface area contributed by atoms with E-state index in [1.165, 1.54) is 24.5 Å². The summed E-state index contributed by atoms with van der Waals surface area (Å²) in [6.07, 6.45) is 3.02. The van der Waals surface area contributed by atoms with Crippen LogP contribution in [-0.2, 0) is 0 Å². The molecule has 0 fully saturated rings. The van der Waals surface area contributed by atoms with E-state index in [1.807, 2.05) is 13.0 Å². The smallest absolute Gasteiger partial charge is 0.160 e. The summed E-state index contributed by atoms with van der Waals surface area (Å²) in [6.45, 7) is 1.82. The number of anilines is 3. The Morgan fingerprint density at radius 1 is 1.18 bits per heavy atom. The Balaban J connectivity index is 2.24.